The molecule has 4 aromatic rings. The third-order valence-electron chi connectivity index (χ3n) is 4.83. The average Bonchev–Trinajstić information content (AvgIpc) is 3.40. The number of para-hydroxylation sites is 3. The molecule has 0 radical (unpaired) electrons. The maximum absolute atomic E-state index is 10.1. The van der Waals surface area contributed by atoms with Crippen molar-refractivity contribution in [2.75, 3.05) is 4.90 Å². The van der Waals surface area contributed by atoms with Crippen LogP contribution in [0.2, 0.25) is 0 Å². The lowest BCUT2D eigenvalue weighted by atomic mass is 10.1. The number of aromatic amines is 1. The quantitative estimate of drug-likeness (QED) is 0.335. The van der Waals surface area contributed by atoms with E-state index in [0.717, 1.165) is 37.5 Å². The van der Waals surface area contributed by atoms with Gasteiger partial charge in [-0.05, 0) is 42.0 Å². The van der Waals surface area contributed by atoms with E-state index < -0.39 is 0 Å². The molecule has 1 aliphatic heterocycles. The minimum absolute atomic E-state index is 0.517. The van der Waals surface area contributed by atoms with E-state index in [0.29, 0.717) is 11.4 Å². The molecule has 0 atom stereocenters. The number of imidazole rings is 1. The van der Waals surface area contributed by atoms with Gasteiger partial charge in [0.1, 0.15) is 16.7 Å². The Kier molecular flexibility index (Phi) is 4.91. The van der Waals surface area contributed by atoms with Crippen LogP contribution in [-0.4, -0.2) is 9.97 Å². The van der Waals surface area contributed by atoms with Gasteiger partial charge in [-0.2, -0.15) is 5.26 Å². The van der Waals surface area contributed by atoms with E-state index in [-0.39, 0.29) is 0 Å². The van der Waals surface area contributed by atoms with Crippen molar-refractivity contribution >= 4 is 55.7 Å². The van der Waals surface area contributed by atoms with E-state index in [2.05, 4.69) is 54.4 Å². The highest BCUT2D eigenvalue weighted by Crippen LogP contribution is 2.45. The first-order valence-electron chi connectivity index (χ1n) is 9.32. The number of nitrogens with zero attached hydrogens (tertiary/aromatic N) is 3. The number of allylic oxidation sites excluding steroid dienone is 1. The van der Waals surface area contributed by atoms with E-state index >= 15 is 0 Å². The van der Waals surface area contributed by atoms with Gasteiger partial charge in [-0.3, -0.25) is 0 Å². The highest BCUT2D eigenvalue weighted by molar-refractivity contribution is 9.10. The molecule has 144 valence electrons. The minimum atomic E-state index is 0.517. The molecule has 0 amide bonds. The topological polar surface area (TPSA) is 55.7 Å². The van der Waals surface area contributed by atoms with Crippen molar-refractivity contribution in [3.63, 3.8) is 0 Å². The number of rotatable bonds is 3. The predicted octanol–water partition coefficient (Wildman–Crippen LogP) is 6.77. The second-order valence-electron chi connectivity index (χ2n) is 6.69. The standard InChI is InChI=1S/C24H15BrN4S/c25-17-12-10-16(11-13-17)22-15-30-24(29(22)18-6-2-1-3-7-18)19(14-26)23-27-20-8-4-5-9-21(20)28-23/h1-13,15H,(H,27,28)/b24-19-. The molecule has 0 fully saturated rings. The monoisotopic (exact) mass is 470 g/mol. The summed E-state index contributed by atoms with van der Waals surface area (Å²) in [6.45, 7) is 0. The first-order valence-corrected chi connectivity index (χ1v) is 11.0. The number of benzene rings is 3. The number of aromatic nitrogens is 2. The number of nitriles is 1. The van der Waals surface area contributed by atoms with Gasteiger partial charge in [-0.25, -0.2) is 4.98 Å². The van der Waals surface area contributed by atoms with Crippen LogP contribution < -0.4 is 4.90 Å². The smallest absolute Gasteiger partial charge is 0.151 e. The van der Waals surface area contributed by atoms with Crippen molar-refractivity contribution in [1.82, 2.24) is 9.97 Å². The first kappa shape index (κ1) is 18.7. The lowest BCUT2D eigenvalue weighted by Crippen LogP contribution is -2.17. The van der Waals surface area contributed by atoms with Crippen molar-refractivity contribution in [2.45, 2.75) is 0 Å². The maximum Gasteiger partial charge on any atom is 0.151 e. The van der Waals surface area contributed by atoms with E-state index in [9.17, 15) is 5.26 Å². The molecule has 1 aliphatic rings. The van der Waals surface area contributed by atoms with Crippen LogP contribution in [-0.2, 0) is 0 Å². The third-order valence-corrected chi connectivity index (χ3v) is 6.31. The fourth-order valence-corrected chi connectivity index (χ4v) is 4.72. The number of fused-ring (bicyclic) bond motifs is 1. The molecule has 4 nitrogen and oxygen atoms in total. The van der Waals surface area contributed by atoms with Gasteiger partial charge in [-0.1, -0.05) is 70.2 Å². The molecule has 30 heavy (non-hydrogen) atoms. The van der Waals surface area contributed by atoms with E-state index in [1.165, 1.54) is 11.8 Å². The van der Waals surface area contributed by atoms with E-state index in [1.807, 2.05) is 66.7 Å². The molecule has 3 aromatic carbocycles. The zero-order chi connectivity index (χ0) is 20.5. The average molecular weight is 471 g/mol. The number of thioether (sulfide) groups is 1. The molecule has 6 heteroatoms. The van der Waals surface area contributed by atoms with Crippen LogP contribution in [0, 0.1) is 11.3 Å². The second kappa shape index (κ2) is 7.86. The molecule has 0 spiro atoms. The Morgan fingerprint density at radius 3 is 2.43 bits per heavy atom. The molecule has 1 N–H and O–H groups in total. The molecular weight excluding hydrogens is 456 g/mol. The maximum atomic E-state index is 10.1. The van der Waals surface area contributed by atoms with Crippen LogP contribution in [0.4, 0.5) is 5.69 Å². The number of halogens is 1. The molecule has 2 heterocycles. The highest BCUT2D eigenvalue weighted by atomic mass is 79.9. The summed E-state index contributed by atoms with van der Waals surface area (Å²) in [7, 11) is 0. The Bertz CT molecular complexity index is 1300. The van der Waals surface area contributed by atoms with Crippen molar-refractivity contribution < 1.29 is 0 Å². The zero-order valence-electron chi connectivity index (χ0n) is 15.7. The number of nitrogens with one attached hydrogen (secondary N) is 1. The Hall–Kier alpha value is -3.27. The molecular formula is C24H15BrN4S. The van der Waals surface area contributed by atoms with Gasteiger partial charge in [0.2, 0.25) is 0 Å². The van der Waals surface area contributed by atoms with Crippen molar-refractivity contribution in [3.8, 4) is 6.07 Å². The molecule has 1 aromatic heterocycles. The number of hydrogen-bond donors (Lipinski definition) is 1. The SMILES string of the molecule is N#C/C(=C1/SC=C(c2ccc(Br)cc2)N1c1ccccc1)c1nc2ccccc2[nH]1. The zero-order valence-corrected chi connectivity index (χ0v) is 18.1. The molecule has 0 saturated carbocycles. The number of anilines is 1. The second-order valence-corrected chi connectivity index (χ2v) is 8.47. The fourth-order valence-electron chi connectivity index (χ4n) is 3.42. The van der Waals surface area contributed by atoms with Crippen LogP contribution in [0.25, 0.3) is 22.3 Å². The lowest BCUT2D eigenvalue weighted by Gasteiger charge is -2.24. The molecule has 0 aliphatic carbocycles. The van der Waals surface area contributed by atoms with Gasteiger partial charge in [0.15, 0.2) is 5.82 Å². The molecule has 5 rings (SSSR count). The lowest BCUT2D eigenvalue weighted by molar-refractivity contribution is 1.23. The van der Waals surface area contributed by atoms with Crippen molar-refractivity contribution in [1.29, 1.82) is 5.26 Å². The summed E-state index contributed by atoms with van der Waals surface area (Å²) in [6, 6.07) is 28.5. The Labute approximate surface area is 186 Å². The van der Waals surface area contributed by atoms with Gasteiger partial charge in [0.25, 0.3) is 0 Å². The normalized spacial score (nSPS) is 15.2. The van der Waals surface area contributed by atoms with Crippen LogP contribution >= 0.6 is 27.7 Å². The molecule has 0 bridgehead atoms. The Morgan fingerprint density at radius 1 is 0.967 bits per heavy atom. The Balaban J connectivity index is 1.68. The number of H-pyrrole nitrogens is 1. The molecule has 0 unspecified atom stereocenters. The number of hydrogen-bond acceptors (Lipinski definition) is 4. The van der Waals surface area contributed by atoms with E-state index in [4.69, 9.17) is 0 Å². The summed E-state index contributed by atoms with van der Waals surface area (Å²) in [5.41, 5.74) is 5.37. The van der Waals surface area contributed by atoms with Gasteiger partial charge >= 0.3 is 0 Å². The summed E-state index contributed by atoms with van der Waals surface area (Å²) in [5, 5.41) is 13.0. The summed E-state index contributed by atoms with van der Waals surface area (Å²) >= 11 is 5.04. The van der Waals surface area contributed by atoms with Gasteiger partial charge in [-0.15, -0.1) is 0 Å². The third kappa shape index (κ3) is 3.32. The van der Waals surface area contributed by atoms with Crippen LogP contribution in [0.5, 0.6) is 0 Å². The fraction of sp³-hybridized carbons (Fsp3) is 0. The summed E-state index contributed by atoms with van der Waals surface area (Å²) in [5.74, 6) is 0.576. The summed E-state index contributed by atoms with van der Waals surface area (Å²) in [4.78, 5) is 10.1. The first-order chi connectivity index (χ1) is 14.7. The van der Waals surface area contributed by atoms with Crippen molar-refractivity contribution in [2.24, 2.45) is 0 Å². The largest absolute Gasteiger partial charge is 0.337 e. The van der Waals surface area contributed by atoms with Crippen LogP contribution in [0.15, 0.2) is 93.8 Å². The van der Waals surface area contributed by atoms with Crippen molar-refractivity contribution in [3.05, 3.63) is 105 Å². The van der Waals surface area contributed by atoms with Gasteiger partial charge in [0.05, 0.1) is 16.7 Å². The summed E-state index contributed by atoms with van der Waals surface area (Å²) < 4.78 is 1.03. The van der Waals surface area contributed by atoms with Gasteiger partial charge < -0.3 is 9.88 Å². The van der Waals surface area contributed by atoms with Crippen LogP contribution in [0.3, 0.4) is 0 Å². The predicted molar refractivity (Wildman–Crippen MR) is 127 cm³/mol. The summed E-state index contributed by atoms with van der Waals surface area (Å²) in [6.07, 6.45) is 0. The van der Waals surface area contributed by atoms with Crippen LogP contribution in [0.1, 0.15) is 11.4 Å². The minimum Gasteiger partial charge on any atom is -0.337 e. The molecule has 0 saturated heterocycles. The van der Waals surface area contributed by atoms with Gasteiger partial charge in [0, 0.05) is 15.6 Å². The highest BCUT2D eigenvalue weighted by Gasteiger charge is 2.29. The Morgan fingerprint density at radius 2 is 1.70 bits per heavy atom. The van der Waals surface area contributed by atoms with E-state index in [1.54, 1.807) is 0 Å².